The number of nitrogens with zero attached hydrogens (tertiary/aromatic N) is 5. The zero-order valence-corrected chi connectivity index (χ0v) is 18.7. The van der Waals surface area contributed by atoms with Gasteiger partial charge in [0.05, 0.1) is 5.00 Å². The first kappa shape index (κ1) is 20.9. The van der Waals surface area contributed by atoms with Crippen molar-refractivity contribution in [2.45, 2.75) is 26.2 Å². The van der Waals surface area contributed by atoms with Gasteiger partial charge in [-0.15, -0.1) is 35.3 Å². The summed E-state index contributed by atoms with van der Waals surface area (Å²) in [6.45, 7) is 8.82. The monoisotopic (exact) mass is 490 g/mol. The van der Waals surface area contributed by atoms with Crippen molar-refractivity contribution in [1.29, 1.82) is 0 Å². The van der Waals surface area contributed by atoms with E-state index < -0.39 is 0 Å². The Bertz CT molecular complexity index is 679. The molecule has 0 saturated carbocycles. The topological polar surface area (TPSA) is 69.8 Å². The molecule has 144 valence electrons. The van der Waals surface area contributed by atoms with Gasteiger partial charge in [0.15, 0.2) is 11.8 Å². The van der Waals surface area contributed by atoms with Crippen molar-refractivity contribution < 1.29 is 4.52 Å². The Kier molecular flexibility index (Phi) is 8.14. The fourth-order valence-electron chi connectivity index (χ4n) is 2.81. The Morgan fingerprint density at radius 3 is 2.69 bits per heavy atom. The van der Waals surface area contributed by atoms with Crippen molar-refractivity contribution in [3.05, 3.63) is 29.2 Å². The molecule has 0 amide bonds. The van der Waals surface area contributed by atoms with Gasteiger partial charge in [0.2, 0.25) is 5.89 Å². The van der Waals surface area contributed by atoms with Crippen LogP contribution in [0.3, 0.4) is 0 Å². The van der Waals surface area contributed by atoms with Crippen molar-refractivity contribution in [2.24, 2.45) is 4.99 Å². The van der Waals surface area contributed by atoms with E-state index in [9.17, 15) is 0 Å². The van der Waals surface area contributed by atoms with E-state index in [4.69, 9.17) is 4.52 Å². The van der Waals surface area contributed by atoms with Crippen molar-refractivity contribution in [3.63, 3.8) is 0 Å². The van der Waals surface area contributed by atoms with Crippen LogP contribution in [0.1, 0.15) is 31.5 Å². The number of guanidine groups is 1. The summed E-state index contributed by atoms with van der Waals surface area (Å²) < 4.78 is 5.28. The number of hydrogen-bond donors (Lipinski definition) is 1. The van der Waals surface area contributed by atoms with Gasteiger partial charge in [-0.2, -0.15) is 4.98 Å². The van der Waals surface area contributed by atoms with Gasteiger partial charge in [-0.1, -0.05) is 19.0 Å². The van der Waals surface area contributed by atoms with E-state index in [0.717, 1.165) is 44.5 Å². The van der Waals surface area contributed by atoms with E-state index in [2.05, 4.69) is 61.6 Å². The lowest BCUT2D eigenvalue weighted by Gasteiger charge is -2.37. The van der Waals surface area contributed by atoms with Crippen LogP contribution < -0.4 is 10.2 Å². The molecule has 3 heterocycles. The molecule has 0 aromatic carbocycles. The summed E-state index contributed by atoms with van der Waals surface area (Å²) in [5, 5.41) is 10.9. The van der Waals surface area contributed by atoms with Crippen LogP contribution in [0, 0.1) is 0 Å². The predicted octanol–water partition coefficient (Wildman–Crippen LogP) is 2.81. The van der Waals surface area contributed by atoms with Crippen LogP contribution in [0.5, 0.6) is 0 Å². The number of thiophene rings is 1. The summed E-state index contributed by atoms with van der Waals surface area (Å²) in [6.07, 6.45) is 0.702. The summed E-state index contributed by atoms with van der Waals surface area (Å²) >= 11 is 1.80. The summed E-state index contributed by atoms with van der Waals surface area (Å²) in [6, 6.07) is 4.29. The second kappa shape index (κ2) is 10.1. The fraction of sp³-hybridized carbons (Fsp3) is 0.588. The van der Waals surface area contributed by atoms with Crippen LogP contribution in [-0.4, -0.2) is 60.8 Å². The number of rotatable bonds is 5. The average molecular weight is 490 g/mol. The average Bonchev–Trinajstić information content (AvgIpc) is 3.31. The molecule has 7 nitrogen and oxygen atoms in total. The molecule has 1 fully saturated rings. The third kappa shape index (κ3) is 5.32. The second-order valence-electron chi connectivity index (χ2n) is 6.35. The summed E-state index contributed by atoms with van der Waals surface area (Å²) in [4.78, 5) is 13.6. The predicted molar refractivity (Wildman–Crippen MR) is 117 cm³/mol. The molecule has 0 radical (unpaired) electrons. The molecule has 0 atom stereocenters. The summed E-state index contributed by atoms with van der Waals surface area (Å²) in [7, 11) is 1.83. The highest BCUT2D eigenvalue weighted by molar-refractivity contribution is 14.0. The third-order valence-electron chi connectivity index (χ3n) is 4.23. The summed E-state index contributed by atoms with van der Waals surface area (Å²) in [5.74, 6) is 2.67. The van der Waals surface area contributed by atoms with Gasteiger partial charge in [0.25, 0.3) is 0 Å². The van der Waals surface area contributed by atoms with E-state index in [1.807, 2.05) is 7.05 Å². The highest BCUT2D eigenvalue weighted by Gasteiger charge is 2.20. The SMILES string of the molecule is CN=C(NCCc1nc(C(C)C)no1)N1CCN(c2cccs2)CC1.I. The lowest BCUT2D eigenvalue weighted by atomic mass is 10.2. The van der Waals surface area contributed by atoms with E-state index in [-0.39, 0.29) is 29.9 Å². The van der Waals surface area contributed by atoms with E-state index >= 15 is 0 Å². The molecule has 2 aromatic heterocycles. The fourth-order valence-corrected chi connectivity index (χ4v) is 3.59. The van der Waals surface area contributed by atoms with Crippen LogP contribution in [-0.2, 0) is 6.42 Å². The molecule has 1 N–H and O–H groups in total. The molecule has 1 saturated heterocycles. The molecule has 2 aromatic rings. The number of nitrogens with one attached hydrogen (secondary N) is 1. The molecule has 9 heteroatoms. The number of piperazine rings is 1. The van der Waals surface area contributed by atoms with Gasteiger partial charge < -0.3 is 19.6 Å². The first-order chi connectivity index (χ1) is 12.2. The van der Waals surface area contributed by atoms with Crippen molar-refractivity contribution in [1.82, 2.24) is 20.4 Å². The van der Waals surface area contributed by atoms with E-state index in [1.54, 1.807) is 11.3 Å². The number of aromatic nitrogens is 2. The molecule has 0 spiro atoms. The number of halogens is 1. The van der Waals surface area contributed by atoms with Crippen LogP contribution in [0.2, 0.25) is 0 Å². The largest absolute Gasteiger partial charge is 0.360 e. The van der Waals surface area contributed by atoms with E-state index in [1.165, 1.54) is 5.00 Å². The van der Waals surface area contributed by atoms with Crippen molar-refractivity contribution in [3.8, 4) is 0 Å². The lowest BCUT2D eigenvalue weighted by Crippen LogP contribution is -2.52. The minimum atomic E-state index is 0. The minimum absolute atomic E-state index is 0. The standard InChI is InChI=1S/C17H26N6OS.HI/c1-13(2)16-20-14(24-21-16)6-7-19-17(18-3)23-10-8-22(9-11-23)15-5-4-12-25-15;/h4-5,12-13H,6-11H2,1-3H3,(H,18,19);1H. The Hall–Kier alpha value is -1.36. The number of aliphatic imine (C=N–C) groups is 1. The zero-order chi connectivity index (χ0) is 17.6. The Morgan fingerprint density at radius 2 is 2.12 bits per heavy atom. The molecule has 1 aliphatic rings. The first-order valence-electron chi connectivity index (χ1n) is 8.74. The molecule has 0 aliphatic carbocycles. The molecular weight excluding hydrogens is 463 g/mol. The minimum Gasteiger partial charge on any atom is -0.360 e. The highest BCUT2D eigenvalue weighted by atomic mass is 127. The molecule has 0 bridgehead atoms. The first-order valence-corrected chi connectivity index (χ1v) is 9.62. The zero-order valence-electron chi connectivity index (χ0n) is 15.5. The van der Waals surface area contributed by atoms with Gasteiger partial charge in [-0.25, -0.2) is 0 Å². The molecular formula is C17H27IN6OS. The smallest absolute Gasteiger partial charge is 0.228 e. The second-order valence-corrected chi connectivity index (χ2v) is 7.28. The van der Waals surface area contributed by atoms with Crippen LogP contribution in [0.25, 0.3) is 0 Å². The highest BCUT2D eigenvalue weighted by Crippen LogP contribution is 2.22. The number of hydrogen-bond acceptors (Lipinski definition) is 6. The van der Waals surface area contributed by atoms with Crippen LogP contribution >= 0.6 is 35.3 Å². The maximum atomic E-state index is 5.28. The maximum absolute atomic E-state index is 5.28. The maximum Gasteiger partial charge on any atom is 0.228 e. The quantitative estimate of drug-likeness (QED) is 0.395. The van der Waals surface area contributed by atoms with Crippen molar-refractivity contribution >= 4 is 46.3 Å². The molecule has 3 rings (SSSR count). The van der Waals surface area contributed by atoms with Crippen molar-refractivity contribution in [2.75, 3.05) is 44.7 Å². The van der Waals surface area contributed by atoms with Gasteiger partial charge in [-0.05, 0) is 17.5 Å². The van der Waals surface area contributed by atoms with Gasteiger partial charge >= 0.3 is 0 Å². The summed E-state index contributed by atoms with van der Waals surface area (Å²) in [5.41, 5.74) is 0. The normalized spacial score (nSPS) is 15.3. The van der Waals surface area contributed by atoms with Gasteiger partial charge in [-0.3, -0.25) is 4.99 Å². The van der Waals surface area contributed by atoms with Crippen LogP contribution in [0.15, 0.2) is 27.0 Å². The molecule has 0 unspecified atom stereocenters. The van der Waals surface area contributed by atoms with E-state index in [0.29, 0.717) is 12.3 Å². The lowest BCUT2D eigenvalue weighted by molar-refractivity contribution is 0.362. The molecule has 1 aliphatic heterocycles. The third-order valence-corrected chi connectivity index (χ3v) is 5.16. The number of anilines is 1. The Balaban J connectivity index is 0.00000243. The Labute approximate surface area is 175 Å². The Morgan fingerprint density at radius 1 is 1.35 bits per heavy atom. The molecule has 26 heavy (non-hydrogen) atoms. The van der Waals surface area contributed by atoms with Crippen LogP contribution in [0.4, 0.5) is 5.00 Å². The van der Waals surface area contributed by atoms with Gasteiger partial charge in [0, 0.05) is 52.1 Å². The van der Waals surface area contributed by atoms with Gasteiger partial charge in [0.1, 0.15) is 0 Å².